The Hall–Kier alpha value is -0.650. The van der Waals surface area contributed by atoms with Crippen LogP contribution >= 0.6 is 11.8 Å². The molecule has 1 aliphatic rings. The van der Waals surface area contributed by atoms with Crippen molar-refractivity contribution < 1.29 is 4.39 Å². The van der Waals surface area contributed by atoms with Gasteiger partial charge >= 0.3 is 0 Å². The van der Waals surface area contributed by atoms with E-state index in [9.17, 15) is 4.39 Å². The molecule has 20 heavy (non-hydrogen) atoms. The SMILES string of the molecule is CNC(c1ccc(F)cn1)C(C)CN1CCCSCC1. The zero-order chi connectivity index (χ0) is 14.4. The Morgan fingerprint density at radius 1 is 1.40 bits per heavy atom. The van der Waals surface area contributed by atoms with Gasteiger partial charge in [-0.25, -0.2) is 4.39 Å². The van der Waals surface area contributed by atoms with Crippen molar-refractivity contribution in [3.8, 4) is 0 Å². The third-order valence-electron chi connectivity index (χ3n) is 3.81. The Morgan fingerprint density at radius 2 is 2.25 bits per heavy atom. The third-order valence-corrected chi connectivity index (χ3v) is 4.86. The Bertz CT molecular complexity index is 391. The van der Waals surface area contributed by atoms with Gasteiger partial charge in [-0.2, -0.15) is 11.8 Å². The number of halogens is 1. The van der Waals surface area contributed by atoms with Crippen LogP contribution in [0.1, 0.15) is 25.1 Å². The van der Waals surface area contributed by atoms with Gasteiger partial charge in [0.1, 0.15) is 5.82 Å². The van der Waals surface area contributed by atoms with Gasteiger partial charge in [-0.3, -0.25) is 4.98 Å². The van der Waals surface area contributed by atoms with Crippen LogP contribution in [-0.2, 0) is 0 Å². The largest absolute Gasteiger partial charge is 0.311 e. The van der Waals surface area contributed by atoms with Crippen molar-refractivity contribution in [2.24, 2.45) is 5.92 Å². The number of thioether (sulfide) groups is 1. The van der Waals surface area contributed by atoms with Crippen LogP contribution in [0.25, 0.3) is 0 Å². The van der Waals surface area contributed by atoms with E-state index in [4.69, 9.17) is 0 Å². The summed E-state index contributed by atoms with van der Waals surface area (Å²) in [5.74, 6) is 2.67. The fourth-order valence-corrected chi connectivity index (χ4v) is 3.71. The predicted octanol–water partition coefficient (Wildman–Crippen LogP) is 2.56. The summed E-state index contributed by atoms with van der Waals surface area (Å²) in [6, 6.07) is 3.44. The minimum absolute atomic E-state index is 0.173. The summed E-state index contributed by atoms with van der Waals surface area (Å²) in [6.45, 7) is 5.66. The zero-order valence-electron chi connectivity index (χ0n) is 12.3. The molecule has 2 unspecified atom stereocenters. The summed E-state index contributed by atoms with van der Waals surface area (Å²) in [4.78, 5) is 6.76. The summed E-state index contributed by atoms with van der Waals surface area (Å²) in [5.41, 5.74) is 0.922. The summed E-state index contributed by atoms with van der Waals surface area (Å²) in [5, 5.41) is 3.33. The van der Waals surface area contributed by atoms with Gasteiger partial charge in [-0.1, -0.05) is 6.92 Å². The van der Waals surface area contributed by atoms with Crippen molar-refractivity contribution in [1.29, 1.82) is 0 Å². The quantitative estimate of drug-likeness (QED) is 0.904. The normalized spacial score (nSPS) is 20.4. The summed E-state index contributed by atoms with van der Waals surface area (Å²) in [7, 11) is 1.95. The van der Waals surface area contributed by atoms with Gasteiger partial charge in [0, 0.05) is 18.8 Å². The van der Waals surface area contributed by atoms with Crippen LogP contribution in [0, 0.1) is 11.7 Å². The van der Waals surface area contributed by atoms with Gasteiger partial charge in [-0.15, -0.1) is 0 Å². The van der Waals surface area contributed by atoms with Gasteiger partial charge in [0.2, 0.25) is 0 Å². The number of pyridine rings is 1. The van der Waals surface area contributed by atoms with Gasteiger partial charge in [0.15, 0.2) is 0 Å². The fraction of sp³-hybridized carbons (Fsp3) is 0.667. The first-order valence-corrected chi connectivity index (χ1v) is 8.45. The fourth-order valence-electron chi connectivity index (χ4n) is 2.79. The van der Waals surface area contributed by atoms with E-state index in [1.165, 1.54) is 43.3 Å². The van der Waals surface area contributed by atoms with E-state index in [0.717, 1.165) is 12.2 Å². The highest BCUT2D eigenvalue weighted by atomic mass is 32.2. The molecular weight excluding hydrogens is 273 g/mol. The molecule has 1 aliphatic heterocycles. The Morgan fingerprint density at radius 3 is 2.95 bits per heavy atom. The van der Waals surface area contributed by atoms with E-state index in [-0.39, 0.29) is 11.9 Å². The highest BCUT2D eigenvalue weighted by Crippen LogP contribution is 2.22. The number of rotatable bonds is 5. The molecule has 3 nitrogen and oxygen atoms in total. The third kappa shape index (κ3) is 4.43. The molecule has 0 aromatic carbocycles. The molecule has 0 spiro atoms. The molecule has 5 heteroatoms. The number of hydrogen-bond donors (Lipinski definition) is 1. The topological polar surface area (TPSA) is 28.2 Å². The van der Waals surface area contributed by atoms with Crippen LogP contribution in [0.5, 0.6) is 0 Å². The average molecular weight is 297 g/mol. The second kappa shape index (κ2) is 7.96. The molecule has 1 aromatic rings. The predicted molar refractivity (Wildman–Crippen MR) is 83.5 cm³/mol. The molecule has 1 saturated heterocycles. The molecule has 2 rings (SSSR count). The van der Waals surface area contributed by atoms with E-state index < -0.39 is 0 Å². The molecule has 0 bridgehead atoms. The first kappa shape index (κ1) is 15.7. The van der Waals surface area contributed by atoms with E-state index in [0.29, 0.717) is 5.92 Å². The van der Waals surface area contributed by atoms with E-state index in [1.54, 1.807) is 6.07 Å². The van der Waals surface area contributed by atoms with E-state index in [1.807, 2.05) is 18.8 Å². The van der Waals surface area contributed by atoms with Crippen LogP contribution in [0.4, 0.5) is 4.39 Å². The second-order valence-corrected chi connectivity index (χ2v) is 6.64. The number of hydrogen-bond acceptors (Lipinski definition) is 4. The summed E-state index contributed by atoms with van der Waals surface area (Å²) < 4.78 is 13.0. The van der Waals surface area contributed by atoms with Crippen LogP contribution in [0.3, 0.4) is 0 Å². The first-order chi connectivity index (χ1) is 9.70. The maximum atomic E-state index is 13.0. The Kier molecular flexibility index (Phi) is 6.26. The summed E-state index contributed by atoms with van der Waals surface area (Å²) in [6.07, 6.45) is 2.57. The lowest BCUT2D eigenvalue weighted by atomic mass is 9.97. The molecule has 2 atom stereocenters. The minimum Gasteiger partial charge on any atom is -0.311 e. The van der Waals surface area contributed by atoms with Crippen molar-refractivity contribution in [3.63, 3.8) is 0 Å². The second-order valence-electron chi connectivity index (χ2n) is 5.41. The van der Waals surface area contributed by atoms with E-state index >= 15 is 0 Å². The van der Waals surface area contributed by atoms with Gasteiger partial charge < -0.3 is 10.2 Å². The molecule has 1 N–H and O–H groups in total. The molecule has 1 aromatic heterocycles. The molecule has 112 valence electrons. The smallest absolute Gasteiger partial charge is 0.141 e. The average Bonchev–Trinajstić information content (AvgIpc) is 2.70. The van der Waals surface area contributed by atoms with Crippen LogP contribution < -0.4 is 5.32 Å². The van der Waals surface area contributed by atoms with Crippen LogP contribution in [-0.4, -0.2) is 48.1 Å². The van der Waals surface area contributed by atoms with Gasteiger partial charge in [0.25, 0.3) is 0 Å². The maximum Gasteiger partial charge on any atom is 0.141 e. The monoisotopic (exact) mass is 297 g/mol. The minimum atomic E-state index is -0.277. The van der Waals surface area contributed by atoms with Gasteiger partial charge in [-0.05, 0) is 43.8 Å². The Balaban J connectivity index is 1.97. The van der Waals surface area contributed by atoms with Crippen LogP contribution in [0.2, 0.25) is 0 Å². The molecule has 0 radical (unpaired) electrons. The summed E-state index contributed by atoms with van der Waals surface area (Å²) >= 11 is 2.05. The number of aromatic nitrogens is 1. The number of nitrogens with zero attached hydrogens (tertiary/aromatic N) is 2. The molecule has 0 saturated carbocycles. The van der Waals surface area contributed by atoms with E-state index in [2.05, 4.69) is 22.1 Å². The van der Waals surface area contributed by atoms with Gasteiger partial charge in [0.05, 0.1) is 17.9 Å². The highest BCUT2D eigenvalue weighted by Gasteiger charge is 2.22. The highest BCUT2D eigenvalue weighted by molar-refractivity contribution is 7.99. The van der Waals surface area contributed by atoms with Crippen molar-refractivity contribution >= 4 is 11.8 Å². The van der Waals surface area contributed by atoms with Crippen LogP contribution in [0.15, 0.2) is 18.3 Å². The molecule has 0 aliphatic carbocycles. The Labute approximate surface area is 125 Å². The molecule has 0 amide bonds. The molecular formula is C15H24FN3S. The van der Waals surface area contributed by atoms with Crippen molar-refractivity contribution in [1.82, 2.24) is 15.2 Å². The number of nitrogens with one attached hydrogen (secondary N) is 1. The lowest BCUT2D eigenvalue weighted by Gasteiger charge is -2.29. The zero-order valence-corrected chi connectivity index (χ0v) is 13.1. The maximum absolute atomic E-state index is 13.0. The van der Waals surface area contributed by atoms with Crippen molar-refractivity contribution in [2.45, 2.75) is 19.4 Å². The van der Waals surface area contributed by atoms with Crippen molar-refractivity contribution in [2.75, 3.05) is 38.2 Å². The van der Waals surface area contributed by atoms with Crippen molar-refractivity contribution in [3.05, 3.63) is 29.8 Å². The molecule has 1 fully saturated rings. The lowest BCUT2D eigenvalue weighted by molar-refractivity contribution is 0.225. The first-order valence-electron chi connectivity index (χ1n) is 7.29. The lowest BCUT2D eigenvalue weighted by Crippen LogP contribution is -2.36. The standard InChI is InChI=1S/C15H24FN3S/c1-12(11-19-6-3-8-20-9-7-19)15(17-2)14-5-4-13(16)10-18-14/h4-5,10,12,15,17H,3,6-9,11H2,1-2H3. The molecule has 2 heterocycles.